The monoisotopic (exact) mass is 470 g/mol. The molecule has 3 aromatic carbocycles. The zero-order chi connectivity index (χ0) is 18.8. The van der Waals surface area contributed by atoms with Crippen LogP contribution in [-0.4, -0.2) is 20.3 Å². The number of hydrogen-bond donors (Lipinski definition) is 1. The fourth-order valence-corrected chi connectivity index (χ4v) is 3.18. The Kier molecular flexibility index (Phi) is 4.63. The molecule has 0 aliphatic heterocycles. The van der Waals surface area contributed by atoms with Gasteiger partial charge in [0.25, 0.3) is 5.69 Å². The van der Waals surface area contributed by atoms with Crippen molar-refractivity contribution in [2.24, 2.45) is 0 Å². The van der Waals surface area contributed by atoms with E-state index in [0.29, 0.717) is 17.1 Å². The molecule has 0 amide bonds. The third kappa shape index (κ3) is 3.43. The summed E-state index contributed by atoms with van der Waals surface area (Å²) >= 11 is 2.20. The Hall–Kier alpha value is -3.14. The van der Waals surface area contributed by atoms with Gasteiger partial charge in [0.2, 0.25) is 0 Å². The van der Waals surface area contributed by atoms with Crippen molar-refractivity contribution >= 4 is 28.3 Å². The molecule has 4 aromatic rings. The van der Waals surface area contributed by atoms with Crippen molar-refractivity contribution in [2.75, 3.05) is 0 Å². The molecule has 4 rings (SSSR count). The van der Waals surface area contributed by atoms with E-state index in [0.717, 1.165) is 14.7 Å². The van der Waals surface area contributed by atoms with Crippen molar-refractivity contribution in [1.82, 2.24) is 15.4 Å². The van der Waals surface area contributed by atoms with Gasteiger partial charge in [0.15, 0.2) is 5.69 Å². The topological polar surface area (TPSA) is 88.6 Å². The maximum atomic E-state index is 11.6. The summed E-state index contributed by atoms with van der Waals surface area (Å²) in [5.41, 5.74) is 2.65. The van der Waals surface area contributed by atoms with E-state index in [2.05, 4.69) is 38.0 Å². The molecule has 0 bridgehead atoms. The van der Waals surface area contributed by atoms with Gasteiger partial charge in [-0.25, -0.2) is 0 Å². The molecule has 1 aromatic heterocycles. The van der Waals surface area contributed by atoms with Gasteiger partial charge in [0.1, 0.15) is 5.56 Å². The number of hydrogen-bond acceptors (Lipinski definition) is 4. The fraction of sp³-hybridized carbons (Fsp3) is 0. The highest BCUT2D eigenvalue weighted by atomic mass is 127. The number of benzene rings is 3. The lowest BCUT2D eigenvalue weighted by atomic mass is 10.0. The Balaban J connectivity index is 1.89. The molecule has 0 saturated carbocycles. The van der Waals surface area contributed by atoms with Gasteiger partial charge in [0, 0.05) is 9.64 Å². The van der Waals surface area contributed by atoms with Crippen molar-refractivity contribution < 1.29 is 9.72 Å². The zero-order valence-electron chi connectivity index (χ0n) is 13.9. The number of tetrazole rings is 1. The predicted octanol–water partition coefficient (Wildman–Crippen LogP) is 3.93. The van der Waals surface area contributed by atoms with Gasteiger partial charge in [-0.3, -0.25) is 10.1 Å². The third-order valence-corrected chi connectivity index (χ3v) is 4.77. The quantitative estimate of drug-likeness (QED) is 0.212. The molecule has 7 nitrogen and oxygen atoms in total. The second-order valence-electron chi connectivity index (χ2n) is 5.75. The smallest absolute Gasteiger partial charge is 0.258 e. The minimum Gasteiger partial charge on any atom is -0.258 e. The summed E-state index contributed by atoms with van der Waals surface area (Å²) < 4.78 is 1.05. The first kappa shape index (κ1) is 17.3. The van der Waals surface area contributed by atoms with Gasteiger partial charge < -0.3 is 0 Å². The standard InChI is InChI=1S/C19H12IN5O2/c20-15-11-9-13(10-12-15)18-16(7-4-8-17(18)25(26)27)24-22-19(21-23-24)14-5-2-1-3-6-14/h1-12H/p+1. The molecule has 132 valence electrons. The van der Waals surface area contributed by atoms with Gasteiger partial charge in [-0.15, -0.1) is 0 Å². The van der Waals surface area contributed by atoms with Crippen LogP contribution in [0.4, 0.5) is 5.69 Å². The van der Waals surface area contributed by atoms with E-state index >= 15 is 0 Å². The number of nitro benzene ring substituents is 1. The normalized spacial score (nSPS) is 10.7. The minimum absolute atomic E-state index is 0.0128. The summed E-state index contributed by atoms with van der Waals surface area (Å²) in [6, 6.07) is 22.0. The van der Waals surface area contributed by atoms with E-state index in [9.17, 15) is 10.1 Å². The van der Waals surface area contributed by atoms with Crippen molar-refractivity contribution in [3.8, 4) is 28.2 Å². The Labute approximate surface area is 168 Å². The number of H-pyrrole nitrogens is 1. The summed E-state index contributed by atoms with van der Waals surface area (Å²) in [7, 11) is 0. The fourth-order valence-electron chi connectivity index (χ4n) is 2.82. The summed E-state index contributed by atoms with van der Waals surface area (Å²) in [5.74, 6) is 0.510. The molecule has 1 N–H and O–H groups in total. The van der Waals surface area contributed by atoms with E-state index in [1.54, 1.807) is 12.1 Å². The van der Waals surface area contributed by atoms with E-state index in [1.807, 2.05) is 54.6 Å². The lowest BCUT2D eigenvalue weighted by molar-refractivity contribution is -0.716. The largest absolute Gasteiger partial charge is 0.339 e. The highest BCUT2D eigenvalue weighted by Gasteiger charge is 2.25. The summed E-state index contributed by atoms with van der Waals surface area (Å²) in [5, 5.41) is 23.2. The molecule has 0 aliphatic rings. The number of nitrogens with one attached hydrogen (secondary N) is 1. The first-order chi connectivity index (χ1) is 13.1. The molecule has 8 heteroatoms. The lowest BCUT2D eigenvalue weighted by Crippen LogP contribution is -2.37. The summed E-state index contributed by atoms with van der Waals surface area (Å²) in [6.45, 7) is 0. The number of aromatic nitrogens is 4. The lowest BCUT2D eigenvalue weighted by Gasteiger charge is -2.06. The predicted molar refractivity (Wildman–Crippen MR) is 108 cm³/mol. The Bertz CT molecular complexity index is 1110. The highest BCUT2D eigenvalue weighted by Crippen LogP contribution is 2.33. The molecule has 1 heterocycles. The second-order valence-corrected chi connectivity index (χ2v) is 6.99. The highest BCUT2D eigenvalue weighted by molar-refractivity contribution is 14.1. The van der Waals surface area contributed by atoms with Gasteiger partial charge >= 0.3 is 5.82 Å². The third-order valence-electron chi connectivity index (χ3n) is 4.06. The maximum Gasteiger partial charge on any atom is 0.339 e. The van der Waals surface area contributed by atoms with Crippen LogP contribution in [0.15, 0.2) is 72.8 Å². The molecule has 0 unspecified atom stereocenters. The number of nitro groups is 1. The molecule has 0 spiro atoms. The van der Waals surface area contributed by atoms with Crippen LogP contribution in [0.1, 0.15) is 0 Å². The molecule has 0 atom stereocenters. The van der Waals surface area contributed by atoms with E-state index < -0.39 is 0 Å². The first-order valence-electron chi connectivity index (χ1n) is 8.07. The molecule has 0 aliphatic carbocycles. The van der Waals surface area contributed by atoms with Crippen LogP contribution in [0.2, 0.25) is 0 Å². The maximum absolute atomic E-state index is 11.6. The first-order valence-corrected chi connectivity index (χ1v) is 9.15. The molecule has 27 heavy (non-hydrogen) atoms. The second kappa shape index (κ2) is 7.23. The average Bonchev–Trinajstić information content (AvgIpc) is 3.19. The van der Waals surface area contributed by atoms with Gasteiger partial charge in [-0.1, -0.05) is 36.4 Å². The Morgan fingerprint density at radius 2 is 1.67 bits per heavy atom. The van der Waals surface area contributed by atoms with Crippen molar-refractivity contribution in [1.29, 1.82) is 0 Å². The average molecular weight is 470 g/mol. The molecular formula is C19H13IN5O2+. The van der Waals surface area contributed by atoms with E-state index in [1.165, 1.54) is 10.9 Å². The minimum atomic E-state index is -0.383. The van der Waals surface area contributed by atoms with E-state index in [-0.39, 0.29) is 10.6 Å². The summed E-state index contributed by atoms with van der Waals surface area (Å²) in [4.78, 5) is 12.7. The van der Waals surface area contributed by atoms with Crippen LogP contribution in [0.3, 0.4) is 0 Å². The van der Waals surface area contributed by atoms with Gasteiger partial charge in [-0.05, 0) is 73.6 Å². The van der Waals surface area contributed by atoms with Crippen LogP contribution in [0.5, 0.6) is 0 Å². The summed E-state index contributed by atoms with van der Waals surface area (Å²) in [6.07, 6.45) is 0. The Morgan fingerprint density at radius 1 is 0.926 bits per heavy atom. The number of rotatable bonds is 4. The van der Waals surface area contributed by atoms with E-state index in [4.69, 9.17) is 0 Å². The van der Waals surface area contributed by atoms with Gasteiger partial charge in [0.05, 0.1) is 15.6 Å². The molecular weight excluding hydrogens is 457 g/mol. The zero-order valence-corrected chi connectivity index (χ0v) is 16.1. The number of aromatic amines is 1. The molecule has 0 radical (unpaired) electrons. The van der Waals surface area contributed by atoms with Crippen LogP contribution >= 0.6 is 22.6 Å². The van der Waals surface area contributed by atoms with Crippen molar-refractivity contribution in [3.05, 3.63) is 86.5 Å². The SMILES string of the molecule is O=[N+]([O-])c1cccc(-[n+]2nc(-c3ccccc3)n[nH]2)c1-c1ccc(I)cc1. The van der Waals surface area contributed by atoms with Crippen molar-refractivity contribution in [2.45, 2.75) is 0 Å². The van der Waals surface area contributed by atoms with Crippen LogP contribution in [0, 0.1) is 13.7 Å². The molecule has 0 fully saturated rings. The number of nitrogens with zero attached hydrogens (tertiary/aromatic N) is 4. The van der Waals surface area contributed by atoms with Crippen LogP contribution in [0.25, 0.3) is 28.2 Å². The van der Waals surface area contributed by atoms with Crippen molar-refractivity contribution in [3.63, 3.8) is 0 Å². The molecule has 0 saturated heterocycles. The van der Waals surface area contributed by atoms with Gasteiger partial charge in [-0.2, -0.15) is 0 Å². The number of halogens is 1. The Morgan fingerprint density at radius 3 is 2.37 bits per heavy atom. The van der Waals surface area contributed by atoms with Crippen LogP contribution in [-0.2, 0) is 0 Å². The van der Waals surface area contributed by atoms with Crippen LogP contribution < -0.4 is 4.80 Å².